The number of benzene rings is 2. The molecule has 1 atom stereocenters. The first-order valence-corrected chi connectivity index (χ1v) is 15.8. The fourth-order valence-corrected chi connectivity index (χ4v) is 6.07. The Bertz CT molecular complexity index is 1330. The molecule has 0 spiro atoms. The van der Waals surface area contributed by atoms with E-state index in [2.05, 4.69) is 20.5 Å². The highest BCUT2D eigenvalue weighted by Gasteiger charge is 2.28. The monoisotopic (exact) mass is 638 g/mol. The van der Waals surface area contributed by atoms with E-state index >= 15 is 0 Å². The number of hydrogen-bond acceptors (Lipinski definition) is 9. The van der Waals surface area contributed by atoms with E-state index in [0.29, 0.717) is 32.5 Å². The Morgan fingerprint density at radius 1 is 1.12 bits per heavy atom. The number of ketones is 1. The number of likely N-dealkylation sites (tertiary alicyclic amines) is 1. The molecule has 1 aliphatic rings. The summed E-state index contributed by atoms with van der Waals surface area (Å²) in [7, 11) is -4.09. The summed E-state index contributed by atoms with van der Waals surface area (Å²) in [6, 6.07) is 10.9. The minimum Gasteiger partial charge on any atom is -0.465 e. The van der Waals surface area contributed by atoms with Crippen LogP contribution in [0.3, 0.4) is 0 Å². The maximum Gasteiger partial charge on any atom is 0.319 e. The summed E-state index contributed by atoms with van der Waals surface area (Å²) in [5.74, 6) is 4.37. The lowest BCUT2D eigenvalue weighted by atomic mass is 9.97. The van der Waals surface area contributed by atoms with Crippen molar-refractivity contribution >= 4 is 57.2 Å². The van der Waals surface area contributed by atoms with Gasteiger partial charge in [-0.25, -0.2) is 13.1 Å². The van der Waals surface area contributed by atoms with Crippen LogP contribution in [0.5, 0.6) is 0 Å². The van der Waals surface area contributed by atoms with E-state index < -0.39 is 22.0 Å². The van der Waals surface area contributed by atoms with Gasteiger partial charge in [0.1, 0.15) is 6.34 Å². The Hall–Kier alpha value is -3.26. The molecule has 1 saturated heterocycles. The largest absolute Gasteiger partial charge is 0.465 e. The number of esters is 1. The zero-order chi connectivity index (χ0) is 30.4. The third-order valence-electron chi connectivity index (χ3n) is 7.18. The fraction of sp³-hybridized carbons (Fsp3) is 0.517. The number of nitrogens with zero attached hydrogens (tertiary/aromatic N) is 2. The Morgan fingerprint density at radius 3 is 2.53 bits per heavy atom. The normalized spacial score (nSPS) is 14.8. The van der Waals surface area contributed by atoms with Crippen molar-refractivity contribution in [2.75, 3.05) is 39.3 Å². The summed E-state index contributed by atoms with van der Waals surface area (Å²) >= 11 is 0. The van der Waals surface area contributed by atoms with Crippen molar-refractivity contribution in [2.45, 2.75) is 56.4 Å². The van der Waals surface area contributed by atoms with E-state index in [1.54, 1.807) is 25.4 Å². The SMILES string of the molecule is CCOC(=O)CNCCCCC(=O)[C@H](CC(=O)NCC1CCN(C=NN)CC1)NS(=O)(=O)c1ccc2ccccc2c1.Cl. The van der Waals surface area contributed by atoms with Gasteiger partial charge in [0.15, 0.2) is 5.78 Å². The first-order chi connectivity index (χ1) is 20.2. The fourth-order valence-electron chi connectivity index (χ4n) is 4.82. The summed E-state index contributed by atoms with van der Waals surface area (Å²) in [6.45, 7) is 4.62. The highest BCUT2D eigenvalue weighted by Crippen LogP contribution is 2.20. The van der Waals surface area contributed by atoms with Crippen molar-refractivity contribution in [3.05, 3.63) is 42.5 Å². The Labute approximate surface area is 259 Å². The van der Waals surface area contributed by atoms with Crippen LogP contribution in [0.15, 0.2) is 52.5 Å². The molecule has 3 rings (SSSR count). The van der Waals surface area contributed by atoms with E-state index in [9.17, 15) is 22.8 Å². The van der Waals surface area contributed by atoms with E-state index in [4.69, 9.17) is 10.6 Å². The quantitative estimate of drug-likeness (QED) is 0.0504. The van der Waals surface area contributed by atoms with Gasteiger partial charge in [-0.05, 0) is 68.0 Å². The van der Waals surface area contributed by atoms with Gasteiger partial charge in [-0.15, -0.1) is 12.4 Å². The number of amides is 1. The third-order valence-corrected chi connectivity index (χ3v) is 8.64. The predicted octanol–water partition coefficient (Wildman–Crippen LogP) is 1.92. The van der Waals surface area contributed by atoms with Crippen molar-refractivity contribution in [1.29, 1.82) is 0 Å². The number of hydrogen-bond donors (Lipinski definition) is 4. The number of rotatable bonds is 17. The number of hydrazone groups is 1. The average molecular weight is 639 g/mol. The highest BCUT2D eigenvalue weighted by molar-refractivity contribution is 7.89. The molecule has 5 N–H and O–H groups in total. The summed E-state index contributed by atoms with van der Waals surface area (Å²) in [5, 5.41) is 11.0. The summed E-state index contributed by atoms with van der Waals surface area (Å²) in [6.07, 6.45) is 4.15. The second-order valence-electron chi connectivity index (χ2n) is 10.3. The smallest absolute Gasteiger partial charge is 0.319 e. The van der Waals surface area contributed by atoms with Crippen molar-refractivity contribution in [3.8, 4) is 0 Å². The molecule has 1 fully saturated rings. The standard InChI is InChI=1S/C29H42N6O6S.ClH/c1-2-41-29(38)20-31-14-6-5-9-27(36)26(18-28(37)32-19-22-12-15-35(16-13-22)21-33-30)34-42(39,40)25-11-10-23-7-3-4-8-24(23)17-25;/h3-4,7-8,10-11,17,21-22,26,31,34H,2,5-6,9,12-16,18-20,30H2,1H3,(H,32,37);1H/t26-;/m0./s1. The van der Waals surface area contributed by atoms with Crippen molar-refractivity contribution in [3.63, 3.8) is 0 Å². The van der Waals surface area contributed by atoms with Crippen LogP contribution in [0.25, 0.3) is 10.8 Å². The van der Waals surface area contributed by atoms with E-state index in [1.807, 2.05) is 29.2 Å². The molecule has 2 aromatic rings. The lowest BCUT2D eigenvalue weighted by Crippen LogP contribution is -2.45. The van der Waals surface area contributed by atoms with Gasteiger partial charge in [-0.1, -0.05) is 30.3 Å². The molecule has 0 aromatic heterocycles. The van der Waals surface area contributed by atoms with Crippen molar-refractivity contribution in [2.24, 2.45) is 16.9 Å². The lowest BCUT2D eigenvalue weighted by molar-refractivity contribution is -0.142. The van der Waals surface area contributed by atoms with E-state index in [1.165, 1.54) is 6.07 Å². The minimum atomic E-state index is -4.09. The number of Topliss-reactive ketones (excluding diaryl/α,β-unsaturated/α-hetero) is 1. The van der Waals surface area contributed by atoms with E-state index in [-0.39, 0.29) is 54.4 Å². The van der Waals surface area contributed by atoms with Crippen LogP contribution < -0.4 is 21.2 Å². The number of nitrogens with two attached hydrogens (primary N) is 1. The van der Waals surface area contributed by atoms with Crippen LogP contribution in [-0.2, 0) is 29.1 Å². The van der Waals surface area contributed by atoms with Gasteiger partial charge in [-0.3, -0.25) is 14.4 Å². The Balaban J connectivity index is 0.00000645. The molecular weight excluding hydrogens is 596 g/mol. The third kappa shape index (κ3) is 12.1. The second kappa shape index (κ2) is 18.4. The first-order valence-electron chi connectivity index (χ1n) is 14.4. The van der Waals surface area contributed by atoms with Gasteiger partial charge in [0.2, 0.25) is 15.9 Å². The predicted molar refractivity (Wildman–Crippen MR) is 168 cm³/mol. The van der Waals surface area contributed by atoms with Gasteiger partial charge in [0, 0.05) is 32.5 Å². The molecule has 2 aromatic carbocycles. The topological polar surface area (TPSA) is 172 Å². The first kappa shape index (κ1) is 35.9. The van der Waals surface area contributed by atoms with Gasteiger partial charge in [0.25, 0.3) is 0 Å². The van der Waals surface area contributed by atoms with Crippen LogP contribution in [0.1, 0.15) is 45.4 Å². The summed E-state index contributed by atoms with van der Waals surface area (Å²) < 4.78 is 34.0. The molecule has 0 saturated carbocycles. The number of unbranched alkanes of at least 4 members (excludes halogenated alkanes) is 1. The maximum absolute atomic E-state index is 13.3. The van der Waals surface area contributed by atoms with Gasteiger partial charge in [-0.2, -0.15) is 5.10 Å². The number of nitrogens with one attached hydrogen (secondary N) is 3. The molecular formula is C29H43ClN6O6S. The van der Waals surface area contributed by atoms with Crippen LogP contribution in [0, 0.1) is 5.92 Å². The van der Waals surface area contributed by atoms with Crippen LogP contribution in [0.2, 0.25) is 0 Å². The molecule has 1 heterocycles. The Kier molecular flexibility index (Phi) is 15.4. The number of fused-ring (bicyclic) bond motifs is 1. The molecule has 0 radical (unpaired) electrons. The highest BCUT2D eigenvalue weighted by atomic mass is 35.5. The van der Waals surface area contributed by atoms with Gasteiger partial charge < -0.3 is 26.1 Å². The van der Waals surface area contributed by atoms with Gasteiger partial charge >= 0.3 is 5.97 Å². The molecule has 43 heavy (non-hydrogen) atoms. The number of sulfonamides is 1. The van der Waals surface area contributed by atoms with Crippen LogP contribution in [0.4, 0.5) is 0 Å². The Morgan fingerprint density at radius 2 is 1.84 bits per heavy atom. The number of ether oxygens (including phenoxy) is 1. The number of halogens is 1. The lowest BCUT2D eigenvalue weighted by Gasteiger charge is -2.30. The van der Waals surface area contributed by atoms with Crippen LogP contribution in [-0.4, -0.2) is 82.7 Å². The zero-order valence-electron chi connectivity index (χ0n) is 24.5. The molecule has 1 amide bonds. The number of carbonyl (C=O) groups is 3. The number of carbonyl (C=O) groups excluding carboxylic acids is 3. The second-order valence-corrected chi connectivity index (χ2v) is 12.1. The minimum absolute atomic E-state index is 0. The molecule has 1 aliphatic heterocycles. The molecule has 12 nitrogen and oxygen atoms in total. The van der Waals surface area contributed by atoms with Gasteiger partial charge in [0.05, 0.1) is 24.1 Å². The maximum atomic E-state index is 13.3. The number of piperidine rings is 1. The average Bonchev–Trinajstić information content (AvgIpc) is 2.98. The summed E-state index contributed by atoms with van der Waals surface area (Å²) in [5.41, 5.74) is 0. The zero-order valence-corrected chi connectivity index (χ0v) is 26.1. The van der Waals surface area contributed by atoms with Crippen molar-refractivity contribution in [1.82, 2.24) is 20.3 Å². The van der Waals surface area contributed by atoms with E-state index in [0.717, 1.165) is 36.7 Å². The molecule has 0 bridgehead atoms. The molecule has 238 valence electrons. The van der Waals surface area contributed by atoms with Crippen LogP contribution >= 0.6 is 12.4 Å². The van der Waals surface area contributed by atoms with Crippen molar-refractivity contribution < 1.29 is 27.5 Å². The molecule has 0 aliphatic carbocycles. The molecule has 0 unspecified atom stereocenters. The summed E-state index contributed by atoms with van der Waals surface area (Å²) in [4.78, 5) is 39.6. The molecule has 14 heteroatoms.